The van der Waals surface area contributed by atoms with Crippen molar-refractivity contribution in [3.63, 3.8) is 0 Å². The monoisotopic (exact) mass is 265 g/mol. The van der Waals surface area contributed by atoms with E-state index >= 15 is 0 Å². The second-order valence-corrected chi connectivity index (χ2v) is 4.78. The molecule has 0 aromatic carbocycles. The average Bonchev–Trinajstić information content (AvgIpc) is 2.63. The van der Waals surface area contributed by atoms with Crippen LogP contribution in [0.1, 0.15) is 27.7 Å². The highest BCUT2D eigenvalue weighted by atomic mass is 32.1. The lowest BCUT2D eigenvalue weighted by Crippen LogP contribution is -2.06. The van der Waals surface area contributed by atoms with Gasteiger partial charge in [0.2, 0.25) is 0 Å². The largest absolute Gasteiger partial charge is 0.462 e. The summed E-state index contributed by atoms with van der Waals surface area (Å²) >= 11 is 1.18. The number of nitrogens with zero attached hydrogens (tertiary/aromatic N) is 3. The molecule has 1 rings (SSSR count). The number of rotatable bonds is 4. The molecule has 0 aliphatic heterocycles. The lowest BCUT2D eigenvalue weighted by Gasteiger charge is -2.00. The van der Waals surface area contributed by atoms with E-state index in [0.717, 1.165) is 0 Å². The van der Waals surface area contributed by atoms with E-state index in [9.17, 15) is 4.79 Å². The predicted molar refractivity (Wildman–Crippen MR) is 71.6 cm³/mol. The standard InChI is InChI=1S/C12H15N3O2S/c1-5-17-12(16)10-8(2)9(6-13)11(18-10)14-7-15(3)4/h7H,5H2,1-4H3/b14-7+. The summed E-state index contributed by atoms with van der Waals surface area (Å²) in [5.41, 5.74) is 1.06. The van der Waals surface area contributed by atoms with Gasteiger partial charge in [-0.2, -0.15) is 5.26 Å². The summed E-state index contributed by atoms with van der Waals surface area (Å²) < 4.78 is 4.95. The van der Waals surface area contributed by atoms with E-state index < -0.39 is 5.97 Å². The summed E-state index contributed by atoms with van der Waals surface area (Å²) in [7, 11) is 3.67. The van der Waals surface area contributed by atoms with Crippen LogP contribution in [0.15, 0.2) is 4.99 Å². The highest BCUT2D eigenvalue weighted by Gasteiger charge is 2.20. The normalized spacial score (nSPS) is 10.4. The van der Waals surface area contributed by atoms with Crippen LogP contribution in [0, 0.1) is 18.3 Å². The van der Waals surface area contributed by atoms with Crippen LogP contribution in [0.4, 0.5) is 5.00 Å². The molecule has 0 bridgehead atoms. The first-order valence-electron chi connectivity index (χ1n) is 5.42. The van der Waals surface area contributed by atoms with Crippen LogP contribution >= 0.6 is 11.3 Å². The number of hydrogen-bond donors (Lipinski definition) is 0. The predicted octanol–water partition coefficient (Wildman–Crippen LogP) is 2.33. The summed E-state index contributed by atoms with van der Waals surface area (Å²) in [5, 5.41) is 9.64. The minimum absolute atomic E-state index is 0.314. The van der Waals surface area contributed by atoms with Gasteiger partial charge in [-0.1, -0.05) is 0 Å². The van der Waals surface area contributed by atoms with Crippen LogP contribution < -0.4 is 0 Å². The molecular formula is C12H15N3O2S. The molecule has 0 fully saturated rings. The van der Waals surface area contributed by atoms with E-state index in [-0.39, 0.29) is 0 Å². The van der Waals surface area contributed by atoms with Crippen molar-refractivity contribution < 1.29 is 9.53 Å². The molecule has 1 aromatic heterocycles. The van der Waals surface area contributed by atoms with Crippen molar-refractivity contribution in [2.75, 3.05) is 20.7 Å². The Morgan fingerprint density at radius 1 is 1.61 bits per heavy atom. The Hall–Kier alpha value is -1.87. The third-order valence-electron chi connectivity index (χ3n) is 2.11. The van der Waals surface area contributed by atoms with Crippen LogP contribution in [-0.2, 0) is 4.74 Å². The summed E-state index contributed by atoms with van der Waals surface area (Å²) in [6.07, 6.45) is 1.60. The van der Waals surface area contributed by atoms with Crippen molar-refractivity contribution in [2.24, 2.45) is 4.99 Å². The molecule has 0 spiro atoms. The summed E-state index contributed by atoms with van der Waals surface area (Å²) in [5.74, 6) is -0.400. The molecule has 0 saturated heterocycles. The van der Waals surface area contributed by atoms with Crippen molar-refractivity contribution in [1.82, 2.24) is 4.90 Å². The number of aliphatic imine (C=N–C) groups is 1. The second kappa shape index (κ2) is 6.17. The van der Waals surface area contributed by atoms with Gasteiger partial charge >= 0.3 is 5.97 Å². The minimum Gasteiger partial charge on any atom is -0.462 e. The highest BCUT2D eigenvalue weighted by molar-refractivity contribution is 7.18. The van der Waals surface area contributed by atoms with Gasteiger partial charge in [0, 0.05) is 14.1 Å². The fourth-order valence-corrected chi connectivity index (χ4v) is 2.27. The number of carbonyl (C=O) groups is 1. The van der Waals surface area contributed by atoms with Crippen LogP contribution in [0.2, 0.25) is 0 Å². The lowest BCUT2D eigenvalue weighted by molar-refractivity contribution is 0.0531. The van der Waals surface area contributed by atoms with E-state index in [1.807, 2.05) is 14.1 Å². The van der Waals surface area contributed by atoms with Gasteiger partial charge in [0.05, 0.1) is 18.5 Å². The first kappa shape index (κ1) is 14.2. The molecule has 0 N–H and O–H groups in total. The number of hydrogen-bond acceptors (Lipinski definition) is 5. The maximum atomic E-state index is 11.7. The van der Waals surface area contributed by atoms with Crippen LogP contribution in [0.3, 0.4) is 0 Å². The highest BCUT2D eigenvalue weighted by Crippen LogP contribution is 2.35. The molecule has 96 valence electrons. The SMILES string of the molecule is CCOC(=O)c1sc(/N=C/N(C)C)c(C#N)c1C. The third kappa shape index (κ3) is 3.08. The van der Waals surface area contributed by atoms with Gasteiger partial charge in [-0.25, -0.2) is 9.79 Å². The molecular weight excluding hydrogens is 250 g/mol. The molecule has 1 heterocycles. The lowest BCUT2D eigenvalue weighted by atomic mass is 10.2. The molecule has 6 heteroatoms. The molecule has 18 heavy (non-hydrogen) atoms. The summed E-state index contributed by atoms with van der Waals surface area (Å²) in [6, 6.07) is 2.08. The molecule has 0 aliphatic rings. The quantitative estimate of drug-likeness (QED) is 0.476. The zero-order valence-electron chi connectivity index (χ0n) is 10.9. The summed E-state index contributed by atoms with van der Waals surface area (Å²) in [4.78, 5) is 18.1. The van der Waals surface area contributed by atoms with Gasteiger partial charge in [-0.05, 0) is 19.4 Å². The first-order valence-corrected chi connectivity index (χ1v) is 6.24. The Kier molecular flexibility index (Phi) is 4.86. The molecule has 5 nitrogen and oxygen atoms in total. The number of thiophene rings is 1. The first-order chi connectivity index (χ1) is 8.51. The molecule has 1 aromatic rings. The van der Waals surface area contributed by atoms with Gasteiger partial charge in [-0.15, -0.1) is 11.3 Å². The van der Waals surface area contributed by atoms with Crippen molar-refractivity contribution in [2.45, 2.75) is 13.8 Å². The van der Waals surface area contributed by atoms with Gasteiger partial charge in [0.1, 0.15) is 15.9 Å². The number of carbonyl (C=O) groups excluding carboxylic acids is 1. The van der Waals surface area contributed by atoms with E-state index in [1.54, 1.807) is 25.1 Å². The Bertz CT molecular complexity index is 512. The zero-order chi connectivity index (χ0) is 13.7. The fraction of sp³-hybridized carbons (Fsp3) is 0.417. The maximum absolute atomic E-state index is 11.7. The Morgan fingerprint density at radius 3 is 2.78 bits per heavy atom. The van der Waals surface area contributed by atoms with E-state index in [0.29, 0.717) is 27.6 Å². The zero-order valence-corrected chi connectivity index (χ0v) is 11.7. The number of esters is 1. The van der Waals surface area contributed by atoms with Gasteiger partial charge in [-0.3, -0.25) is 0 Å². The topological polar surface area (TPSA) is 65.7 Å². The number of ether oxygens (including phenoxy) is 1. The Balaban J connectivity index is 3.18. The molecule has 0 saturated carbocycles. The molecule has 0 aliphatic carbocycles. The van der Waals surface area contributed by atoms with Crippen molar-refractivity contribution in [1.29, 1.82) is 5.26 Å². The average molecular weight is 265 g/mol. The number of nitriles is 1. The molecule has 0 unspecified atom stereocenters. The molecule has 0 atom stereocenters. The van der Waals surface area contributed by atoms with E-state index in [4.69, 9.17) is 10.00 Å². The van der Waals surface area contributed by atoms with Crippen LogP contribution in [0.5, 0.6) is 0 Å². The Morgan fingerprint density at radius 2 is 2.28 bits per heavy atom. The fourth-order valence-electron chi connectivity index (χ4n) is 1.28. The van der Waals surface area contributed by atoms with E-state index in [1.165, 1.54) is 11.3 Å². The maximum Gasteiger partial charge on any atom is 0.348 e. The van der Waals surface area contributed by atoms with Crippen molar-refractivity contribution in [3.05, 3.63) is 16.0 Å². The Labute approximate surface area is 110 Å². The minimum atomic E-state index is -0.400. The smallest absolute Gasteiger partial charge is 0.348 e. The van der Waals surface area contributed by atoms with Crippen LogP contribution in [0.25, 0.3) is 0 Å². The van der Waals surface area contributed by atoms with Crippen molar-refractivity contribution in [3.8, 4) is 6.07 Å². The molecule has 0 radical (unpaired) electrons. The van der Waals surface area contributed by atoms with Gasteiger partial charge in [0.25, 0.3) is 0 Å². The van der Waals surface area contributed by atoms with E-state index in [2.05, 4.69) is 11.1 Å². The van der Waals surface area contributed by atoms with Gasteiger partial charge in [0.15, 0.2) is 0 Å². The molecule has 0 amide bonds. The van der Waals surface area contributed by atoms with Crippen LogP contribution in [-0.4, -0.2) is 37.9 Å². The van der Waals surface area contributed by atoms with Gasteiger partial charge < -0.3 is 9.64 Å². The van der Waals surface area contributed by atoms with Crippen molar-refractivity contribution >= 4 is 28.6 Å². The summed E-state index contributed by atoms with van der Waals surface area (Å²) in [6.45, 7) is 3.79. The third-order valence-corrected chi connectivity index (χ3v) is 3.29. The second-order valence-electron chi connectivity index (χ2n) is 3.78.